The Balaban J connectivity index is 3.52. The third-order valence-corrected chi connectivity index (χ3v) is 9.25. The molecule has 0 aromatic heterocycles. The normalized spacial score (nSPS) is 11.3. The fourth-order valence-corrected chi connectivity index (χ4v) is 7.96. The van der Waals surface area contributed by atoms with Gasteiger partial charge >= 0.3 is 127 Å². The van der Waals surface area contributed by atoms with Crippen LogP contribution in [0.2, 0.25) is 14.8 Å². The van der Waals surface area contributed by atoms with E-state index in [0.717, 1.165) is 30.0 Å². The molecular weight excluding hydrogens is 357 g/mol. The molecule has 0 atom stereocenters. The van der Waals surface area contributed by atoms with E-state index in [-0.39, 0.29) is 5.91 Å². The molecule has 0 aliphatic rings. The molecule has 0 aliphatic heterocycles. The van der Waals surface area contributed by atoms with Crippen LogP contribution in [0.5, 0.6) is 5.75 Å². The summed E-state index contributed by atoms with van der Waals surface area (Å²) in [6.07, 6.45) is 0. The van der Waals surface area contributed by atoms with E-state index in [1.807, 2.05) is 31.7 Å². The van der Waals surface area contributed by atoms with Crippen molar-refractivity contribution in [1.29, 1.82) is 0 Å². The second kappa shape index (κ2) is 6.83. The van der Waals surface area contributed by atoms with Crippen molar-refractivity contribution in [2.45, 2.75) is 35.6 Å². The van der Waals surface area contributed by atoms with Crippen molar-refractivity contribution in [3.8, 4) is 5.75 Å². The summed E-state index contributed by atoms with van der Waals surface area (Å²) in [5.74, 6) is 1.03. The van der Waals surface area contributed by atoms with Crippen molar-refractivity contribution in [3.63, 3.8) is 0 Å². The van der Waals surface area contributed by atoms with Crippen molar-refractivity contribution >= 4 is 27.9 Å². The van der Waals surface area contributed by atoms with Crippen LogP contribution in [0.4, 0.5) is 0 Å². The van der Waals surface area contributed by atoms with E-state index in [9.17, 15) is 4.79 Å². The molecule has 1 amide bonds. The summed E-state index contributed by atoms with van der Waals surface area (Å²) >= 11 is -2.46. The maximum atomic E-state index is 12.8. The van der Waals surface area contributed by atoms with Gasteiger partial charge in [-0.25, -0.2) is 0 Å². The molecule has 0 N–H and O–H groups in total. The van der Waals surface area contributed by atoms with Crippen molar-refractivity contribution < 1.29 is 9.53 Å². The molecular formula is C16H27NO2Sn. The number of hydrogen-bond donors (Lipinski definition) is 0. The quantitative estimate of drug-likeness (QED) is 0.731. The Morgan fingerprint density at radius 3 is 2.15 bits per heavy atom. The first-order valence-electron chi connectivity index (χ1n) is 7.24. The monoisotopic (exact) mass is 385 g/mol. The molecule has 3 nitrogen and oxygen atoms in total. The Hall–Kier alpha value is -0.711. The molecule has 112 valence electrons. The number of hydrogen-bond acceptors (Lipinski definition) is 2. The summed E-state index contributed by atoms with van der Waals surface area (Å²) in [5.41, 5.74) is 1.94. The van der Waals surface area contributed by atoms with Gasteiger partial charge in [0.15, 0.2) is 0 Å². The summed E-state index contributed by atoms with van der Waals surface area (Å²) < 4.78 is 6.77. The number of carbonyl (C=O) groups is 1. The van der Waals surface area contributed by atoms with Gasteiger partial charge in [0.2, 0.25) is 0 Å². The summed E-state index contributed by atoms with van der Waals surface area (Å²) in [7, 11) is 1.70. The Morgan fingerprint density at radius 2 is 1.75 bits per heavy atom. The van der Waals surface area contributed by atoms with Gasteiger partial charge in [-0.05, 0) is 0 Å². The molecule has 0 bridgehead atoms. The molecule has 0 radical (unpaired) electrons. The minimum absolute atomic E-state index is 0.138. The molecule has 0 fully saturated rings. The van der Waals surface area contributed by atoms with Gasteiger partial charge in [-0.3, -0.25) is 0 Å². The van der Waals surface area contributed by atoms with E-state index >= 15 is 0 Å². The Bertz CT molecular complexity index is 488. The van der Waals surface area contributed by atoms with Gasteiger partial charge in [-0.15, -0.1) is 0 Å². The van der Waals surface area contributed by atoms with Crippen LogP contribution in [0.25, 0.3) is 0 Å². The second-order valence-electron chi connectivity index (χ2n) is 6.12. The van der Waals surface area contributed by atoms with Crippen LogP contribution in [0, 0.1) is 6.92 Å². The first kappa shape index (κ1) is 17.3. The fourth-order valence-electron chi connectivity index (χ4n) is 2.54. The molecule has 1 aromatic carbocycles. The van der Waals surface area contributed by atoms with Gasteiger partial charge < -0.3 is 0 Å². The average molecular weight is 384 g/mol. The third kappa shape index (κ3) is 3.68. The number of benzene rings is 1. The Kier molecular flexibility index (Phi) is 5.92. The zero-order chi connectivity index (χ0) is 15.5. The third-order valence-electron chi connectivity index (χ3n) is 3.50. The van der Waals surface area contributed by atoms with Crippen LogP contribution in [0.1, 0.15) is 29.8 Å². The van der Waals surface area contributed by atoms with Crippen LogP contribution < -0.4 is 8.32 Å². The van der Waals surface area contributed by atoms with Gasteiger partial charge in [0.1, 0.15) is 0 Å². The average Bonchev–Trinajstić information content (AvgIpc) is 2.37. The number of nitrogens with zero attached hydrogens (tertiary/aromatic N) is 1. The first-order chi connectivity index (χ1) is 9.26. The molecule has 0 heterocycles. The summed E-state index contributed by atoms with van der Waals surface area (Å²) in [6.45, 7) is 7.54. The molecule has 0 saturated heterocycles. The van der Waals surface area contributed by atoms with Gasteiger partial charge in [0.05, 0.1) is 0 Å². The van der Waals surface area contributed by atoms with E-state index in [0.29, 0.717) is 0 Å². The molecule has 1 rings (SSSR count). The predicted octanol–water partition coefficient (Wildman–Crippen LogP) is 3.03. The fraction of sp³-hybridized carbons (Fsp3) is 0.562. The van der Waals surface area contributed by atoms with E-state index in [1.54, 1.807) is 7.11 Å². The molecule has 0 aliphatic carbocycles. The molecule has 4 heteroatoms. The SMILES string of the molecule is CCN(CC)C(=O)c1cc(C)cc(OC)[c]1[Sn]([CH3])([CH3])[CH3]. The van der Waals surface area contributed by atoms with Crippen molar-refractivity contribution in [2.24, 2.45) is 0 Å². The number of amides is 1. The first-order valence-corrected chi connectivity index (χ1v) is 17.2. The maximum absolute atomic E-state index is 12.8. The standard InChI is InChI=1S/C13H18NO2.3CH3.Sn/c1-5-14(6-2)13(15)11-7-10(3)8-12(9-11)16-4;;;;/h7-8H,5-6H2,1-4H3;3*1H3;. The zero-order valence-electron chi connectivity index (χ0n) is 13.8. The minimum atomic E-state index is -2.46. The van der Waals surface area contributed by atoms with E-state index in [4.69, 9.17) is 4.74 Å². The van der Waals surface area contributed by atoms with Gasteiger partial charge in [0.25, 0.3) is 0 Å². The van der Waals surface area contributed by atoms with Crippen LogP contribution in [0.3, 0.4) is 0 Å². The second-order valence-corrected chi connectivity index (χ2v) is 20.4. The van der Waals surface area contributed by atoms with E-state index in [1.165, 1.54) is 3.58 Å². The van der Waals surface area contributed by atoms with Gasteiger partial charge in [-0.1, -0.05) is 0 Å². The molecule has 1 aromatic rings. The number of carbonyl (C=O) groups excluding carboxylic acids is 1. The summed E-state index contributed by atoms with van der Waals surface area (Å²) in [4.78, 5) is 21.6. The predicted molar refractivity (Wildman–Crippen MR) is 88.0 cm³/mol. The van der Waals surface area contributed by atoms with Crippen LogP contribution in [0.15, 0.2) is 12.1 Å². The Morgan fingerprint density at radius 1 is 1.20 bits per heavy atom. The van der Waals surface area contributed by atoms with E-state index in [2.05, 4.69) is 20.9 Å². The van der Waals surface area contributed by atoms with E-state index < -0.39 is 18.4 Å². The zero-order valence-corrected chi connectivity index (χ0v) is 16.7. The number of ether oxygens (including phenoxy) is 1. The van der Waals surface area contributed by atoms with Gasteiger partial charge in [0, 0.05) is 0 Å². The molecule has 0 spiro atoms. The number of rotatable bonds is 5. The summed E-state index contributed by atoms with van der Waals surface area (Å²) in [5, 5.41) is 0. The van der Waals surface area contributed by atoms with Crippen LogP contribution in [-0.2, 0) is 0 Å². The van der Waals surface area contributed by atoms with Crippen LogP contribution in [-0.4, -0.2) is 49.4 Å². The number of aryl methyl sites for hydroxylation is 1. The topological polar surface area (TPSA) is 29.5 Å². The number of methoxy groups -OCH3 is 1. The molecule has 0 unspecified atom stereocenters. The van der Waals surface area contributed by atoms with Crippen molar-refractivity contribution in [2.75, 3.05) is 20.2 Å². The van der Waals surface area contributed by atoms with Crippen molar-refractivity contribution in [1.82, 2.24) is 4.90 Å². The summed E-state index contributed by atoms with van der Waals surface area (Å²) in [6, 6.07) is 4.08. The van der Waals surface area contributed by atoms with Gasteiger partial charge in [-0.2, -0.15) is 0 Å². The molecule has 0 saturated carbocycles. The van der Waals surface area contributed by atoms with Crippen molar-refractivity contribution in [3.05, 3.63) is 23.3 Å². The van der Waals surface area contributed by atoms with Crippen LogP contribution >= 0.6 is 0 Å². The molecule has 20 heavy (non-hydrogen) atoms. The Labute approximate surface area is 127 Å².